The van der Waals surface area contributed by atoms with Gasteiger partial charge in [-0.1, -0.05) is 29.3 Å². The molecular weight excluding hydrogens is 359 g/mol. The van der Waals surface area contributed by atoms with Crippen molar-refractivity contribution in [2.24, 2.45) is 0 Å². The van der Waals surface area contributed by atoms with E-state index in [1.807, 2.05) is 0 Å². The number of rotatable bonds is 5. The summed E-state index contributed by atoms with van der Waals surface area (Å²) >= 11 is 11.7. The first-order valence-corrected chi connectivity index (χ1v) is 9.02. The molecule has 1 aliphatic rings. The predicted octanol–water partition coefficient (Wildman–Crippen LogP) is 2.93. The molecule has 1 unspecified atom stereocenters. The first kappa shape index (κ1) is 16.7. The highest BCUT2D eigenvalue weighted by atomic mass is 35.5. The van der Waals surface area contributed by atoms with E-state index >= 15 is 0 Å². The fourth-order valence-electron chi connectivity index (χ4n) is 2.30. The van der Waals surface area contributed by atoms with Crippen LogP contribution in [0.2, 0.25) is 10.2 Å². The molecule has 1 fully saturated rings. The molecule has 23 heavy (non-hydrogen) atoms. The summed E-state index contributed by atoms with van der Waals surface area (Å²) in [6.07, 6.45) is 0. The van der Waals surface area contributed by atoms with Gasteiger partial charge < -0.3 is 4.74 Å². The van der Waals surface area contributed by atoms with E-state index in [0.29, 0.717) is 22.5 Å². The molecule has 1 aliphatic heterocycles. The van der Waals surface area contributed by atoms with E-state index in [1.54, 1.807) is 30.3 Å². The van der Waals surface area contributed by atoms with E-state index in [4.69, 9.17) is 27.9 Å². The van der Waals surface area contributed by atoms with Crippen molar-refractivity contribution in [3.8, 4) is 0 Å². The Morgan fingerprint density at radius 1 is 1.22 bits per heavy atom. The van der Waals surface area contributed by atoms with Gasteiger partial charge in [0, 0.05) is 12.1 Å². The lowest BCUT2D eigenvalue weighted by atomic mass is 10.1. The molecule has 2 aromatic rings. The molecule has 0 aliphatic carbocycles. The van der Waals surface area contributed by atoms with Crippen molar-refractivity contribution in [1.29, 1.82) is 0 Å². The average Bonchev–Trinajstić information content (AvgIpc) is 3.28. The molecule has 0 amide bonds. The lowest BCUT2D eigenvalue weighted by Crippen LogP contribution is -2.35. The second-order valence-corrected chi connectivity index (χ2v) is 8.21. The number of ether oxygens (including phenoxy) is 1. The van der Waals surface area contributed by atoms with Crippen molar-refractivity contribution in [3.05, 3.63) is 58.3 Å². The van der Waals surface area contributed by atoms with Gasteiger partial charge in [-0.3, -0.25) is 0 Å². The predicted molar refractivity (Wildman–Crippen MR) is 88.1 cm³/mol. The Morgan fingerprint density at radius 3 is 2.43 bits per heavy atom. The van der Waals surface area contributed by atoms with Crippen molar-refractivity contribution in [3.63, 3.8) is 0 Å². The lowest BCUT2D eigenvalue weighted by Gasteiger charge is -2.21. The highest BCUT2D eigenvalue weighted by Crippen LogP contribution is 2.39. The maximum atomic E-state index is 12.6. The lowest BCUT2D eigenvalue weighted by molar-refractivity contribution is 0.261. The number of pyridine rings is 1. The van der Waals surface area contributed by atoms with Crippen LogP contribution in [0.25, 0.3) is 0 Å². The van der Waals surface area contributed by atoms with Gasteiger partial charge in [0.1, 0.15) is 10.8 Å². The Kier molecular flexibility index (Phi) is 4.37. The molecule has 0 radical (unpaired) electrons. The zero-order valence-electron chi connectivity index (χ0n) is 12.2. The van der Waals surface area contributed by atoms with E-state index in [0.717, 1.165) is 0 Å². The summed E-state index contributed by atoms with van der Waals surface area (Å²) in [6.45, 7) is 0.562. The molecule has 1 aromatic carbocycles. The summed E-state index contributed by atoms with van der Waals surface area (Å²) in [6, 6.07) is 11.3. The fourth-order valence-corrected chi connectivity index (χ4v) is 3.81. The highest BCUT2D eigenvalue weighted by molar-refractivity contribution is 7.89. The first-order chi connectivity index (χ1) is 10.8. The quantitative estimate of drug-likeness (QED) is 0.597. The van der Waals surface area contributed by atoms with Crippen molar-refractivity contribution in [2.75, 3.05) is 20.2 Å². The molecule has 0 spiro atoms. The Hall–Kier alpha value is -1.18. The SMILES string of the molecule is CN(CC1(c2cccc(Cl)n2)CO1)S(=O)(=O)c1ccc(Cl)cc1. The Morgan fingerprint density at radius 2 is 1.87 bits per heavy atom. The summed E-state index contributed by atoms with van der Waals surface area (Å²) in [5, 5.41) is 0.831. The standard InChI is InChI=1S/C15H14Cl2N2O3S/c1-19(23(20,21)12-7-5-11(16)6-8-12)9-15(10-22-15)13-3-2-4-14(17)18-13/h2-8H,9-10H2,1H3. The summed E-state index contributed by atoms with van der Waals surface area (Å²) < 4.78 is 32.0. The van der Waals surface area contributed by atoms with Crippen molar-refractivity contribution in [2.45, 2.75) is 10.5 Å². The zero-order chi connectivity index (χ0) is 16.7. The molecule has 1 saturated heterocycles. The number of likely N-dealkylation sites (N-methyl/N-ethyl adjacent to an activating group) is 1. The minimum Gasteiger partial charge on any atom is -0.361 e. The minimum absolute atomic E-state index is 0.158. The second-order valence-electron chi connectivity index (χ2n) is 5.34. The smallest absolute Gasteiger partial charge is 0.242 e. The van der Waals surface area contributed by atoms with E-state index in [1.165, 1.54) is 23.5 Å². The third-order valence-corrected chi connectivity index (χ3v) is 5.95. The van der Waals surface area contributed by atoms with E-state index in [9.17, 15) is 8.42 Å². The molecule has 1 aromatic heterocycles. The zero-order valence-corrected chi connectivity index (χ0v) is 14.6. The third-order valence-electron chi connectivity index (χ3n) is 3.67. The van der Waals surface area contributed by atoms with Gasteiger partial charge in [-0.05, 0) is 36.4 Å². The average molecular weight is 373 g/mol. The van der Waals surface area contributed by atoms with Gasteiger partial charge in [0.15, 0.2) is 0 Å². The number of halogens is 2. The van der Waals surface area contributed by atoms with E-state index < -0.39 is 15.6 Å². The molecular formula is C15H14Cl2N2O3S. The molecule has 3 rings (SSSR count). The maximum absolute atomic E-state index is 12.6. The number of sulfonamides is 1. The number of epoxide rings is 1. The molecule has 0 bridgehead atoms. The van der Waals surface area contributed by atoms with E-state index in [2.05, 4.69) is 4.98 Å². The van der Waals surface area contributed by atoms with Gasteiger partial charge in [-0.25, -0.2) is 13.4 Å². The fraction of sp³-hybridized carbons (Fsp3) is 0.267. The minimum atomic E-state index is -3.63. The largest absolute Gasteiger partial charge is 0.361 e. The molecule has 2 heterocycles. The Labute approximate surface area is 144 Å². The number of nitrogens with zero attached hydrogens (tertiary/aromatic N) is 2. The van der Waals surface area contributed by atoms with Crippen LogP contribution in [-0.2, 0) is 20.4 Å². The number of benzene rings is 1. The van der Waals surface area contributed by atoms with E-state index in [-0.39, 0.29) is 11.4 Å². The summed E-state index contributed by atoms with van der Waals surface area (Å²) in [5.41, 5.74) is -0.109. The number of hydrogen-bond donors (Lipinski definition) is 0. The van der Waals surface area contributed by atoms with Gasteiger partial charge in [0.2, 0.25) is 10.0 Å². The molecule has 122 valence electrons. The van der Waals surface area contributed by atoms with Crippen LogP contribution in [0.1, 0.15) is 5.69 Å². The van der Waals surface area contributed by atoms with Gasteiger partial charge in [-0.15, -0.1) is 0 Å². The van der Waals surface area contributed by atoms with Crippen molar-refractivity contribution < 1.29 is 13.2 Å². The Balaban J connectivity index is 1.84. The normalized spacial score (nSPS) is 20.7. The number of aromatic nitrogens is 1. The van der Waals surface area contributed by atoms with Crippen LogP contribution >= 0.6 is 23.2 Å². The monoisotopic (exact) mass is 372 g/mol. The van der Waals surface area contributed by atoms with Crippen LogP contribution in [0.15, 0.2) is 47.4 Å². The molecule has 0 N–H and O–H groups in total. The van der Waals surface area contributed by atoms with Gasteiger partial charge in [-0.2, -0.15) is 4.31 Å². The summed E-state index contributed by atoms with van der Waals surface area (Å²) in [7, 11) is -2.12. The van der Waals surface area contributed by atoms with Gasteiger partial charge in [0.05, 0.1) is 23.7 Å². The van der Waals surface area contributed by atoms with Crippen LogP contribution in [0.4, 0.5) is 0 Å². The highest BCUT2D eigenvalue weighted by Gasteiger charge is 2.50. The van der Waals surface area contributed by atoms with Crippen LogP contribution < -0.4 is 0 Å². The first-order valence-electron chi connectivity index (χ1n) is 6.82. The summed E-state index contributed by atoms with van der Waals surface area (Å²) in [4.78, 5) is 4.41. The van der Waals surface area contributed by atoms with Gasteiger partial charge in [0.25, 0.3) is 0 Å². The summed E-state index contributed by atoms with van der Waals surface area (Å²) in [5.74, 6) is 0. The molecule has 5 nitrogen and oxygen atoms in total. The topological polar surface area (TPSA) is 62.8 Å². The molecule has 1 atom stereocenters. The number of hydrogen-bond acceptors (Lipinski definition) is 4. The molecule has 0 saturated carbocycles. The molecule has 8 heteroatoms. The maximum Gasteiger partial charge on any atom is 0.242 e. The van der Waals surface area contributed by atoms with Crippen LogP contribution in [0, 0.1) is 0 Å². The van der Waals surface area contributed by atoms with Crippen LogP contribution in [0.5, 0.6) is 0 Å². The van der Waals surface area contributed by atoms with Gasteiger partial charge >= 0.3 is 0 Å². The van der Waals surface area contributed by atoms with Crippen molar-refractivity contribution >= 4 is 33.2 Å². The third kappa shape index (κ3) is 3.36. The van der Waals surface area contributed by atoms with Crippen LogP contribution in [0.3, 0.4) is 0 Å². The van der Waals surface area contributed by atoms with Crippen LogP contribution in [-0.4, -0.2) is 37.9 Å². The second kappa shape index (κ2) is 6.03. The Bertz CT molecular complexity index is 821. The van der Waals surface area contributed by atoms with Crippen molar-refractivity contribution in [1.82, 2.24) is 9.29 Å².